The van der Waals surface area contributed by atoms with Crippen molar-refractivity contribution in [1.82, 2.24) is 9.97 Å². The average molecular weight is 287 g/mol. The molecule has 2 aromatic heterocycles. The summed E-state index contributed by atoms with van der Waals surface area (Å²) in [6.07, 6.45) is 0. The number of nitrogens with zero attached hydrogens (tertiary/aromatic N) is 1. The van der Waals surface area contributed by atoms with E-state index in [1.54, 1.807) is 0 Å². The van der Waals surface area contributed by atoms with E-state index in [4.69, 9.17) is 0 Å². The second-order valence-electron chi connectivity index (χ2n) is 2.97. The smallest absolute Gasteiger partial charge is 0.257 e. The van der Waals surface area contributed by atoms with Crippen molar-refractivity contribution in [2.75, 3.05) is 0 Å². The van der Waals surface area contributed by atoms with E-state index in [0.717, 1.165) is 8.66 Å². The van der Waals surface area contributed by atoms with Crippen LogP contribution in [0.25, 0.3) is 10.7 Å². The Hall–Kier alpha value is -1.14. The molecule has 0 aliphatic heterocycles. The lowest BCUT2D eigenvalue weighted by atomic mass is 10.3. The van der Waals surface area contributed by atoms with Crippen LogP contribution < -0.4 is 5.56 Å². The first-order chi connectivity index (χ1) is 7.08. The Morgan fingerprint density at radius 2 is 2.27 bits per heavy atom. The highest BCUT2D eigenvalue weighted by Crippen LogP contribution is 2.29. The normalized spacial score (nSPS) is 10.5. The Labute approximate surface area is 97.8 Å². The number of H-pyrrole nitrogens is 1. The van der Waals surface area contributed by atoms with Gasteiger partial charge in [-0.2, -0.15) is 4.98 Å². The highest BCUT2D eigenvalue weighted by Gasteiger charge is 2.09. The molecule has 0 saturated carbocycles. The lowest BCUT2D eigenvalue weighted by Gasteiger charge is -1.99. The maximum atomic E-state index is 11.4. The first-order valence-electron chi connectivity index (χ1n) is 4.13. The average Bonchev–Trinajstić information content (AvgIpc) is 2.60. The molecular weight excluding hydrogens is 280 g/mol. The van der Waals surface area contributed by atoms with Crippen molar-refractivity contribution in [3.05, 3.63) is 31.8 Å². The number of aromatic nitrogens is 2. The Balaban J connectivity index is 2.60. The number of thiophene rings is 1. The van der Waals surface area contributed by atoms with E-state index in [2.05, 4.69) is 25.9 Å². The minimum absolute atomic E-state index is 0.224. The zero-order valence-electron chi connectivity index (χ0n) is 7.74. The fourth-order valence-corrected chi connectivity index (χ4v) is 2.41. The molecule has 15 heavy (non-hydrogen) atoms. The van der Waals surface area contributed by atoms with E-state index in [9.17, 15) is 9.90 Å². The molecule has 0 spiro atoms. The molecule has 6 heteroatoms. The Morgan fingerprint density at radius 3 is 2.80 bits per heavy atom. The number of nitrogens with one attached hydrogen (secondary N) is 1. The van der Waals surface area contributed by atoms with Gasteiger partial charge in [0.05, 0.1) is 14.2 Å². The van der Waals surface area contributed by atoms with Gasteiger partial charge in [-0.25, -0.2) is 0 Å². The molecule has 0 aliphatic carbocycles. The van der Waals surface area contributed by atoms with Crippen LogP contribution in [0, 0.1) is 6.92 Å². The maximum absolute atomic E-state index is 11.4. The van der Waals surface area contributed by atoms with Crippen LogP contribution in [0.15, 0.2) is 20.7 Å². The first-order valence-corrected chi connectivity index (χ1v) is 5.74. The number of halogens is 1. The van der Waals surface area contributed by atoms with Crippen LogP contribution in [-0.2, 0) is 0 Å². The SMILES string of the molecule is Cc1c(O)nc(-c2ccc(Br)s2)[nH]c1=O. The molecule has 4 nitrogen and oxygen atoms in total. The van der Waals surface area contributed by atoms with Crippen molar-refractivity contribution in [3.63, 3.8) is 0 Å². The van der Waals surface area contributed by atoms with E-state index < -0.39 is 0 Å². The summed E-state index contributed by atoms with van der Waals surface area (Å²) in [5, 5.41) is 9.41. The van der Waals surface area contributed by atoms with Gasteiger partial charge in [0.25, 0.3) is 5.56 Å². The molecule has 0 radical (unpaired) electrons. The van der Waals surface area contributed by atoms with Gasteiger partial charge in [0.15, 0.2) is 5.82 Å². The van der Waals surface area contributed by atoms with E-state index in [0.29, 0.717) is 5.82 Å². The number of aromatic amines is 1. The molecule has 0 bridgehead atoms. The van der Waals surface area contributed by atoms with Gasteiger partial charge in [-0.3, -0.25) is 4.79 Å². The monoisotopic (exact) mass is 286 g/mol. The van der Waals surface area contributed by atoms with Crippen molar-refractivity contribution >= 4 is 27.3 Å². The third-order valence-electron chi connectivity index (χ3n) is 1.93. The number of hydrogen-bond acceptors (Lipinski definition) is 4. The summed E-state index contributed by atoms with van der Waals surface area (Å²) in [5.41, 5.74) is -0.0867. The maximum Gasteiger partial charge on any atom is 0.257 e. The van der Waals surface area contributed by atoms with Gasteiger partial charge in [-0.15, -0.1) is 11.3 Å². The molecule has 2 N–H and O–H groups in total. The third kappa shape index (κ3) is 1.95. The van der Waals surface area contributed by atoms with Crippen LogP contribution in [0.3, 0.4) is 0 Å². The summed E-state index contributed by atoms with van der Waals surface area (Å²) in [4.78, 5) is 18.7. The van der Waals surface area contributed by atoms with Crippen molar-refractivity contribution in [2.45, 2.75) is 6.92 Å². The second kappa shape index (κ2) is 3.79. The quantitative estimate of drug-likeness (QED) is 0.845. The van der Waals surface area contributed by atoms with Crippen LogP contribution in [-0.4, -0.2) is 15.1 Å². The summed E-state index contributed by atoms with van der Waals surface area (Å²) in [6, 6.07) is 3.68. The summed E-state index contributed by atoms with van der Waals surface area (Å²) in [7, 11) is 0. The zero-order chi connectivity index (χ0) is 11.0. The van der Waals surface area contributed by atoms with E-state index in [-0.39, 0.29) is 17.0 Å². The molecule has 0 amide bonds. The molecule has 0 fully saturated rings. The topological polar surface area (TPSA) is 66.0 Å². The van der Waals surface area contributed by atoms with Crippen molar-refractivity contribution in [1.29, 1.82) is 0 Å². The molecule has 2 aromatic rings. The summed E-state index contributed by atoms with van der Waals surface area (Å²) >= 11 is 4.75. The van der Waals surface area contributed by atoms with Crippen molar-refractivity contribution < 1.29 is 5.11 Å². The lowest BCUT2D eigenvalue weighted by Crippen LogP contribution is -2.11. The van der Waals surface area contributed by atoms with Gasteiger partial charge in [0.1, 0.15) is 0 Å². The first kappa shape index (κ1) is 10.4. The molecule has 78 valence electrons. The standard InChI is InChI=1S/C9H7BrN2O2S/c1-4-8(13)11-7(12-9(4)14)5-2-3-6(10)15-5/h2-3H,1H3,(H2,11,12,13,14). The molecule has 0 aromatic carbocycles. The zero-order valence-corrected chi connectivity index (χ0v) is 10.1. The summed E-state index contributed by atoms with van der Waals surface area (Å²) < 4.78 is 0.945. The number of rotatable bonds is 1. The Morgan fingerprint density at radius 1 is 1.53 bits per heavy atom. The fraction of sp³-hybridized carbons (Fsp3) is 0.111. The van der Waals surface area contributed by atoms with E-state index in [1.165, 1.54) is 18.3 Å². The second-order valence-corrected chi connectivity index (χ2v) is 5.43. The number of hydrogen-bond donors (Lipinski definition) is 2. The molecule has 2 rings (SSSR count). The highest BCUT2D eigenvalue weighted by atomic mass is 79.9. The van der Waals surface area contributed by atoms with Gasteiger partial charge in [-0.1, -0.05) is 0 Å². The van der Waals surface area contributed by atoms with Gasteiger partial charge in [0.2, 0.25) is 5.88 Å². The van der Waals surface area contributed by atoms with Crippen molar-refractivity contribution in [2.24, 2.45) is 0 Å². The van der Waals surface area contributed by atoms with E-state index >= 15 is 0 Å². The highest BCUT2D eigenvalue weighted by molar-refractivity contribution is 9.11. The van der Waals surface area contributed by atoms with Crippen LogP contribution in [0.4, 0.5) is 0 Å². The molecule has 2 heterocycles. The predicted molar refractivity (Wildman–Crippen MR) is 62.3 cm³/mol. The van der Waals surface area contributed by atoms with Crippen LogP contribution in [0.1, 0.15) is 5.56 Å². The Kier molecular flexibility index (Phi) is 2.62. The molecular formula is C9H7BrN2O2S. The third-order valence-corrected chi connectivity index (χ3v) is 3.56. The largest absolute Gasteiger partial charge is 0.493 e. The van der Waals surface area contributed by atoms with E-state index in [1.807, 2.05) is 12.1 Å². The van der Waals surface area contributed by atoms with Crippen LogP contribution in [0.2, 0.25) is 0 Å². The molecule has 0 aliphatic rings. The fourth-order valence-electron chi connectivity index (χ4n) is 1.08. The summed E-state index contributed by atoms with van der Waals surface area (Å²) in [5.74, 6) is 0.164. The summed E-state index contributed by atoms with van der Waals surface area (Å²) in [6.45, 7) is 1.52. The van der Waals surface area contributed by atoms with Gasteiger partial charge in [-0.05, 0) is 35.0 Å². The molecule has 0 unspecified atom stereocenters. The Bertz CT molecular complexity index is 561. The minimum atomic E-state index is -0.318. The van der Waals surface area contributed by atoms with Crippen LogP contribution in [0.5, 0.6) is 5.88 Å². The lowest BCUT2D eigenvalue weighted by molar-refractivity contribution is 0.447. The minimum Gasteiger partial charge on any atom is -0.493 e. The molecule has 0 atom stereocenters. The van der Waals surface area contributed by atoms with Gasteiger partial charge >= 0.3 is 0 Å². The van der Waals surface area contributed by atoms with Gasteiger partial charge in [0, 0.05) is 0 Å². The molecule has 0 saturated heterocycles. The number of aromatic hydroxyl groups is 1. The van der Waals surface area contributed by atoms with Crippen molar-refractivity contribution in [3.8, 4) is 16.6 Å². The predicted octanol–water partition coefficient (Wildman–Crippen LogP) is 2.27. The van der Waals surface area contributed by atoms with Gasteiger partial charge < -0.3 is 10.1 Å². The van der Waals surface area contributed by atoms with Crippen LogP contribution >= 0.6 is 27.3 Å².